The molecule has 1 aliphatic rings. The Kier molecular flexibility index (Phi) is 4.30. The van der Waals surface area contributed by atoms with Gasteiger partial charge in [0, 0.05) is 47.5 Å². The summed E-state index contributed by atoms with van der Waals surface area (Å²) in [6.45, 7) is 2.25. The number of thiazole rings is 1. The number of anilines is 1. The molecule has 0 unspecified atom stereocenters. The van der Waals surface area contributed by atoms with Crippen LogP contribution in [0.15, 0.2) is 60.2 Å². The molecule has 1 saturated heterocycles. The summed E-state index contributed by atoms with van der Waals surface area (Å²) < 4.78 is 0. The Morgan fingerprint density at radius 3 is 2.59 bits per heavy atom. The van der Waals surface area contributed by atoms with Crippen LogP contribution in [-0.4, -0.2) is 28.0 Å². The summed E-state index contributed by atoms with van der Waals surface area (Å²) in [6, 6.07) is 14.7. The van der Waals surface area contributed by atoms with Crippen LogP contribution in [0.3, 0.4) is 0 Å². The van der Waals surface area contributed by atoms with Crippen molar-refractivity contribution in [1.82, 2.24) is 15.0 Å². The van der Waals surface area contributed by atoms with E-state index in [1.807, 2.05) is 23.8 Å². The van der Waals surface area contributed by atoms with Gasteiger partial charge in [-0.3, -0.25) is 4.98 Å². The van der Waals surface area contributed by atoms with E-state index in [0.717, 1.165) is 40.6 Å². The van der Waals surface area contributed by atoms with Crippen LogP contribution in [0, 0.1) is 0 Å². The zero-order valence-electron chi connectivity index (χ0n) is 15.0. The molecule has 0 atom stereocenters. The fourth-order valence-corrected chi connectivity index (χ4v) is 4.37. The Morgan fingerprint density at radius 1 is 0.852 bits per heavy atom. The van der Waals surface area contributed by atoms with Gasteiger partial charge in [-0.1, -0.05) is 12.1 Å². The van der Waals surface area contributed by atoms with Crippen LogP contribution in [0.5, 0.6) is 0 Å². The van der Waals surface area contributed by atoms with Crippen molar-refractivity contribution in [3.63, 3.8) is 0 Å². The standard InChI is InChI=1S/C22H20N4S/c1-2-12-26(13-3-1)21-9-10-23-19-8-7-16(15-17(19)21)18-5-4-6-20(25-18)22-24-11-14-27-22/h4-11,14-15H,1-3,12-13H2. The third-order valence-corrected chi connectivity index (χ3v) is 5.91. The lowest BCUT2D eigenvalue weighted by Gasteiger charge is -2.29. The number of hydrogen-bond acceptors (Lipinski definition) is 5. The largest absolute Gasteiger partial charge is 0.371 e. The maximum atomic E-state index is 4.85. The molecule has 0 spiro atoms. The number of nitrogens with zero attached hydrogens (tertiary/aromatic N) is 4. The van der Waals surface area contributed by atoms with E-state index in [1.54, 1.807) is 11.3 Å². The summed E-state index contributed by atoms with van der Waals surface area (Å²) >= 11 is 1.61. The Bertz CT molecular complexity index is 1070. The lowest BCUT2D eigenvalue weighted by molar-refractivity contribution is 0.579. The molecule has 0 aliphatic carbocycles. The predicted octanol–water partition coefficient (Wildman–Crippen LogP) is 5.41. The quantitative estimate of drug-likeness (QED) is 0.482. The minimum Gasteiger partial charge on any atom is -0.371 e. The molecule has 1 aliphatic heterocycles. The highest BCUT2D eigenvalue weighted by atomic mass is 32.1. The maximum Gasteiger partial charge on any atom is 0.141 e. The number of hydrogen-bond donors (Lipinski definition) is 0. The number of piperidine rings is 1. The first-order chi connectivity index (χ1) is 13.4. The van der Waals surface area contributed by atoms with Gasteiger partial charge in [-0.05, 0) is 49.6 Å². The number of pyridine rings is 2. The van der Waals surface area contributed by atoms with Crippen molar-refractivity contribution in [2.45, 2.75) is 19.3 Å². The fourth-order valence-electron chi connectivity index (χ4n) is 3.77. The summed E-state index contributed by atoms with van der Waals surface area (Å²) in [4.78, 5) is 16.3. The Balaban J connectivity index is 1.59. The Morgan fingerprint density at radius 2 is 1.74 bits per heavy atom. The van der Waals surface area contributed by atoms with Crippen molar-refractivity contribution in [3.8, 4) is 22.0 Å². The average Bonchev–Trinajstić information content (AvgIpc) is 3.29. The lowest BCUT2D eigenvalue weighted by Crippen LogP contribution is -2.29. The Labute approximate surface area is 162 Å². The van der Waals surface area contributed by atoms with Crippen LogP contribution in [0.4, 0.5) is 5.69 Å². The van der Waals surface area contributed by atoms with Gasteiger partial charge in [0.2, 0.25) is 0 Å². The van der Waals surface area contributed by atoms with Crippen LogP contribution in [-0.2, 0) is 0 Å². The SMILES string of the molecule is c1cc(-c2ccc3nccc(N4CCCCC4)c3c2)nc(-c2nccs2)c1. The van der Waals surface area contributed by atoms with E-state index in [9.17, 15) is 0 Å². The molecule has 0 radical (unpaired) electrons. The molecule has 27 heavy (non-hydrogen) atoms. The first-order valence-electron chi connectivity index (χ1n) is 9.39. The second-order valence-electron chi connectivity index (χ2n) is 6.86. The van der Waals surface area contributed by atoms with E-state index >= 15 is 0 Å². The fraction of sp³-hybridized carbons (Fsp3) is 0.227. The van der Waals surface area contributed by atoms with Crippen molar-refractivity contribution in [2.75, 3.05) is 18.0 Å². The molecule has 4 aromatic rings. The van der Waals surface area contributed by atoms with E-state index in [0.29, 0.717) is 0 Å². The molecule has 0 bridgehead atoms. The summed E-state index contributed by atoms with van der Waals surface area (Å²) in [5.41, 5.74) is 5.34. The van der Waals surface area contributed by atoms with Gasteiger partial charge in [0.25, 0.3) is 0 Å². The zero-order valence-corrected chi connectivity index (χ0v) is 15.8. The number of rotatable bonds is 3. The van der Waals surface area contributed by atoms with Crippen LogP contribution in [0.1, 0.15) is 19.3 Å². The normalized spacial score (nSPS) is 14.6. The van der Waals surface area contributed by atoms with Gasteiger partial charge in [-0.2, -0.15) is 0 Å². The van der Waals surface area contributed by atoms with Gasteiger partial charge in [-0.25, -0.2) is 9.97 Å². The van der Waals surface area contributed by atoms with Crippen molar-refractivity contribution in [2.24, 2.45) is 0 Å². The van der Waals surface area contributed by atoms with E-state index in [1.165, 1.54) is 30.3 Å². The van der Waals surface area contributed by atoms with Crippen LogP contribution >= 0.6 is 11.3 Å². The summed E-state index contributed by atoms with van der Waals surface area (Å²) in [7, 11) is 0. The maximum absolute atomic E-state index is 4.85. The van der Waals surface area contributed by atoms with Crippen molar-refractivity contribution in [1.29, 1.82) is 0 Å². The third kappa shape index (κ3) is 3.19. The van der Waals surface area contributed by atoms with Gasteiger partial charge < -0.3 is 4.90 Å². The minimum atomic E-state index is 0.921. The van der Waals surface area contributed by atoms with Gasteiger partial charge >= 0.3 is 0 Å². The van der Waals surface area contributed by atoms with Gasteiger partial charge in [0.15, 0.2) is 0 Å². The van der Waals surface area contributed by atoms with Crippen molar-refractivity contribution >= 4 is 27.9 Å². The molecule has 4 nitrogen and oxygen atoms in total. The second-order valence-corrected chi connectivity index (χ2v) is 7.75. The van der Waals surface area contributed by atoms with Crippen molar-refractivity contribution in [3.05, 3.63) is 60.2 Å². The first kappa shape index (κ1) is 16.4. The molecule has 5 rings (SSSR count). The highest BCUT2D eigenvalue weighted by Crippen LogP contribution is 2.32. The zero-order chi connectivity index (χ0) is 18.1. The summed E-state index contributed by atoms with van der Waals surface area (Å²) in [6.07, 6.45) is 7.61. The summed E-state index contributed by atoms with van der Waals surface area (Å²) in [5, 5.41) is 4.14. The van der Waals surface area contributed by atoms with Crippen LogP contribution < -0.4 is 4.90 Å². The molecule has 4 heterocycles. The van der Waals surface area contributed by atoms with E-state index in [-0.39, 0.29) is 0 Å². The van der Waals surface area contributed by atoms with Crippen LogP contribution in [0.2, 0.25) is 0 Å². The van der Waals surface area contributed by atoms with E-state index < -0.39 is 0 Å². The monoisotopic (exact) mass is 372 g/mol. The van der Waals surface area contributed by atoms with Crippen molar-refractivity contribution < 1.29 is 0 Å². The Hall–Kier alpha value is -2.79. The second kappa shape index (κ2) is 7.08. The molecule has 0 saturated carbocycles. The molecule has 1 aromatic carbocycles. The van der Waals surface area contributed by atoms with Gasteiger partial charge in [0.1, 0.15) is 5.01 Å². The molecular formula is C22H20N4S. The van der Waals surface area contributed by atoms with Crippen LogP contribution in [0.25, 0.3) is 32.9 Å². The van der Waals surface area contributed by atoms with Gasteiger partial charge in [-0.15, -0.1) is 11.3 Å². The highest BCUT2D eigenvalue weighted by molar-refractivity contribution is 7.13. The lowest BCUT2D eigenvalue weighted by atomic mass is 10.0. The number of benzene rings is 1. The molecular weight excluding hydrogens is 352 g/mol. The first-order valence-corrected chi connectivity index (χ1v) is 10.3. The van der Waals surface area contributed by atoms with E-state index in [4.69, 9.17) is 4.98 Å². The molecule has 5 heteroatoms. The third-order valence-electron chi connectivity index (χ3n) is 5.11. The predicted molar refractivity (Wildman–Crippen MR) is 112 cm³/mol. The van der Waals surface area contributed by atoms with E-state index in [2.05, 4.69) is 51.3 Å². The number of fused-ring (bicyclic) bond motifs is 1. The van der Waals surface area contributed by atoms with Gasteiger partial charge in [0.05, 0.1) is 16.9 Å². The minimum absolute atomic E-state index is 0.921. The molecule has 134 valence electrons. The molecule has 1 fully saturated rings. The topological polar surface area (TPSA) is 41.9 Å². The highest BCUT2D eigenvalue weighted by Gasteiger charge is 2.15. The molecule has 3 aromatic heterocycles. The molecule has 0 amide bonds. The number of aromatic nitrogens is 3. The molecule has 0 N–H and O–H groups in total. The summed E-state index contributed by atoms with van der Waals surface area (Å²) in [5.74, 6) is 0. The average molecular weight is 372 g/mol. The smallest absolute Gasteiger partial charge is 0.141 e.